The maximum absolute atomic E-state index is 9.34. The zero-order valence-corrected chi connectivity index (χ0v) is 19.9. The quantitative estimate of drug-likeness (QED) is 0.328. The van der Waals surface area contributed by atoms with E-state index < -0.39 is 0 Å². The first kappa shape index (κ1) is 23.4. The maximum Gasteiger partial charge on any atom is 0.0497 e. The van der Waals surface area contributed by atoms with Gasteiger partial charge in [-0.1, -0.05) is 92.5 Å². The van der Waals surface area contributed by atoms with Crippen molar-refractivity contribution in [3.63, 3.8) is 0 Å². The van der Waals surface area contributed by atoms with Crippen LogP contribution in [0.15, 0.2) is 84.9 Å². The minimum Gasteiger partial charge on any atom is -0.396 e. The van der Waals surface area contributed by atoms with Crippen molar-refractivity contribution < 1.29 is 5.11 Å². The second-order valence-corrected chi connectivity index (χ2v) is 8.71. The molecular formula is C33H30O. The largest absolute Gasteiger partial charge is 0.396 e. The van der Waals surface area contributed by atoms with Crippen molar-refractivity contribution in [3.05, 3.63) is 118 Å². The van der Waals surface area contributed by atoms with E-state index >= 15 is 0 Å². The molecule has 34 heavy (non-hydrogen) atoms. The Morgan fingerprint density at radius 3 is 1.71 bits per heavy atom. The molecule has 168 valence electrons. The fourth-order valence-electron chi connectivity index (χ4n) is 3.93. The lowest BCUT2D eigenvalue weighted by Gasteiger charge is -2.07. The van der Waals surface area contributed by atoms with E-state index in [1.54, 1.807) is 0 Å². The van der Waals surface area contributed by atoms with E-state index in [-0.39, 0.29) is 12.5 Å². The van der Waals surface area contributed by atoms with Crippen molar-refractivity contribution in [1.82, 2.24) is 0 Å². The Balaban J connectivity index is 1.59. The molecule has 0 bridgehead atoms. The van der Waals surface area contributed by atoms with Gasteiger partial charge in [0.2, 0.25) is 0 Å². The van der Waals surface area contributed by atoms with E-state index in [1.165, 1.54) is 18.4 Å². The molecule has 1 heteroatoms. The van der Waals surface area contributed by atoms with Crippen molar-refractivity contribution in [3.8, 4) is 23.7 Å². The zero-order chi connectivity index (χ0) is 23.8. The summed E-state index contributed by atoms with van der Waals surface area (Å²) in [5.74, 6) is 13.5. The summed E-state index contributed by atoms with van der Waals surface area (Å²) in [6.45, 7) is 4.38. The standard InChI is InChI=1S/C33H30O/c1-3-4-7-26-10-12-27(13-11-26)16-20-30-22-23-31(33-9-6-5-8-32(30)33)21-17-28-14-18-29(19-15-28)25(2)24-34/h5-6,8-15,18-19,22-23,25,34H,3-4,7,24H2,1-2H3/t25-/m0/s1. The van der Waals surface area contributed by atoms with Gasteiger partial charge in [0.1, 0.15) is 0 Å². The van der Waals surface area contributed by atoms with Crippen LogP contribution in [0.4, 0.5) is 0 Å². The van der Waals surface area contributed by atoms with E-state index in [4.69, 9.17) is 0 Å². The van der Waals surface area contributed by atoms with Crippen LogP contribution < -0.4 is 0 Å². The van der Waals surface area contributed by atoms with Crippen molar-refractivity contribution in [2.75, 3.05) is 6.61 Å². The Kier molecular flexibility index (Phi) is 7.83. The topological polar surface area (TPSA) is 20.2 Å². The fourth-order valence-corrected chi connectivity index (χ4v) is 3.93. The zero-order valence-electron chi connectivity index (χ0n) is 19.9. The molecule has 0 aliphatic carbocycles. The molecule has 0 fully saturated rings. The number of aliphatic hydroxyl groups is 1. The molecule has 4 aromatic carbocycles. The molecule has 0 aliphatic heterocycles. The van der Waals surface area contributed by atoms with Crippen LogP contribution in [0.3, 0.4) is 0 Å². The molecular weight excluding hydrogens is 412 g/mol. The normalized spacial score (nSPS) is 11.3. The van der Waals surface area contributed by atoms with Crippen LogP contribution in [0, 0.1) is 23.7 Å². The van der Waals surface area contributed by atoms with E-state index in [2.05, 4.69) is 79.1 Å². The maximum atomic E-state index is 9.34. The van der Waals surface area contributed by atoms with Gasteiger partial charge in [-0.05, 0) is 71.1 Å². The van der Waals surface area contributed by atoms with E-state index in [0.717, 1.165) is 45.0 Å². The molecule has 0 unspecified atom stereocenters. The van der Waals surface area contributed by atoms with E-state index in [9.17, 15) is 5.11 Å². The molecule has 0 heterocycles. The lowest BCUT2D eigenvalue weighted by atomic mass is 9.98. The molecule has 1 nitrogen and oxygen atoms in total. The molecule has 0 aliphatic rings. The SMILES string of the molecule is CCCCc1ccc(C#Cc2ccc(C#Cc3ccc([C@@H](C)CO)cc3)c3ccccc23)cc1. The summed E-state index contributed by atoms with van der Waals surface area (Å²) in [6, 6.07) is 29.2. The Hall–Kier alpha value is -3.78. The molecule has 0 amide bonds. The number of aliphatic hydroxyl groups excluding tert-OH is 1. The Morgan fingerprint density at radius 2 is 1.21 bits per heavy atom. The summed E-state index contributed by atoms with van der Waals surface area (Å²) in [6.07, 6.45) is 3.56. The average molecular weight is 443 g/mol. The van der Waals surface area contributed by atoms with Gasteiger partial charge in [-0.15, -0.1) is 0 Å². The van der Waals surface area contributed by atoms with Gasteiger partial charge >= 0.3 is 0 Å². The third kappa shape index (κ3) is 5.77. The van der Waals surface area contributed by atoms with Crippen LogP contribution >= 0.6 is 0 Å². The van der Waals surface area contributed by atoms with Crippen LogP contribution in [0.25, 0.3) is 10.8 Å². The minimum absolute atomic E-state index is 0.138. The monoisotopic (exact) mass is 442 g/mol. The molecule has 4 rings (SSSR count). The van der Waals surface area contributed by atoms with Gasteiger partial charge in [-0.3, -0.25) is 0 Å². The Morgan fingerprint density at radius 1 is 0.676 bits per heavy atom. The van der Waals surface area contributed by atoms with Gasteiger partial charge in [-0.2, -0.15) is 0 Å². The second kappa shape index (κ2) is 11.4. The first-order valence-electron chi connectivity index (χ1n) is 12.0. The molecule has 0 spiro atoms. The van der Waals surface area contributed by atoms with Gasteiger partial charge in [0.15, 0.2) is 0 Å². The van der Waals surface area contributed by atoms with Crippen molar-refractivity contribution in [1.29, 1.82) is 0 Å². The minimum atomic E-state index is 0.138. The van der Waals surface area contributed by atoms with Gasteiger partial charge in [0.05, 0.1) is 0 Å². The Bertz CT molecular complexity index is 1370. The molecule has 0 saturated carbocycles. The Labute approximate surface area is 203 Å². The smallest absolute Gasteiger partial charge is 0.0497 e. The predicted molar refractivity (Wildman–Crippen MR) is 143 cm³/mol. The third-order valence-corrected chi connectivity index (χ3v) is 6.13. The number of unbranched alkanes of at least 4 members (excludes halogenated alkanes) is 1. The lowest BCUT2D eigenvalue weighted by molar-refractivity contribution is 0.273. The molecule has 1 atom stereocenters. The molecule has 0 radical (unpaired) electrons. The van der Waals surface area contributed by atoms with Crippen molar-refractivity contribution in [2.24, 2.45) is 0 Å². The highest BCUT2D eigenvalue weighted by atomic mass is 16.3. The summed E-state index contributed by atoms with van der Waals surface area (Å²) in [5.41, 5.74) is 6.50. The summed E-state index contributed by atoms with van der Waals surface area (Å²) in [7, 11) is 0. The highest BCUT2D eigenvalue weighted by Crippen LogP contribution is 2.22. The third-order valence-electron chi connectivity index (χ3n) is 6.13. The second-order valence-electron chi connectivity index (χ2n) is 8.71. The van der Waals surface area contributed by atoms with Crippen LogP contribution in [0.1, 0.15) is 66.0 Å². The molecule has 1 N–H and O–H groups in total. The first-order valence-corrected chi connectivity index (χ1v) is 12.0. The lowest BCUT2D eigenvalue weighted by Crippen LogP contribution is -1.98. The number of rotatable bonds is 5. The van der Waals surface area contributed by atoms with Crippen LogP contribution in [-0.4, -0.2) is 11.7 Å². The highest BCUT2D eigenvalue weighted by Gasteiger charge is 2.04. The van der Waals surface area contributed by atoms with Crippen molar-refractivity contribution >= 4 is 10.8 Å². The van der Waals surface area contributed by atoms with E-state index in [0.29, 0.717) is 0 Å². The number of hydrogen-bond donors (Lipinski definition) is 1. The predicted octanol–water partition coefficient (Wildman–Crippen LogP) is 7.08. The van der Waals surface area contributed by atoms with Gasteiger partial charge in [0, 0.05) is 34.8 Å². The van der Waals surface area contributed by atoms with Crippen molar-refractivity contribution in [2.45, 2.75) is 39.0 Å². The summed E-state index contributed by atoms with van der Waals surface area (Å²) < 4.78 is 0. The molecule has 4 aromatic rings. The summed E-state index contributed by atoms with van der Waals surface area (Å²) in [4.78, 5) is 0. The number of aryl methyl sites for hydroxylation is 1. The fraction of sp³-hybridized carbons (Fsp3) is 0.212. The van der Waals surface area contributed by atoms with Crippen LogP contribution in [0.2, 0.25) is 0 Å². The van der Waals surface area contributed by atoms with Gasteiger partial charge < -0.3 is 5.11 Å². The van der Waals surface area contributed by atoms with Gasteiger partial charge in [0.25, 0.3) is 0 Å². The highest BCUT2D eigenvalue weighted by molar-refractivity contribution is 5.93. The molecule has 0 saturated heterocycles. The first-order chi connectivity index (χ1) is 16.7. The van der Waals surface area contributed by atoms with E-state index in [1.807, 2.05) is 43.3 Å². The van der Waals surface area contributed by atoms with Crippen LogP contribution in [-0.2, 0) is 6.42 Å². The van der Waals surface area contributed by atoms with Gasteiger partial charge in [-0.25, -0.2) is 0 Å². The number of hydrogen-bond acceptors (Lipinski definition) is 1. The number of benzene rings is 4. The summed E-state index contributed by atoms with van der Waals surface area (Å²) in [5, 5.41) is 11.6. The molecule has 0 aromatic heterocycles. The van der Waals surface area contributed by atoms with Crippen LogP contribution in [0.5, 0.6) is 0 Å². The number of fused-ring (bicyclic) bond motifs is 1. The summed E-state index contributed by atoms with van der Waals surface area (Å²) >= 11 is 0. The average Bonchev–Trinajstić information content (AvgIpc) is 2.90.